The number of hydrogen-bond donors (Lipinski definition) is 3. The Kier molecular flexibility index (Phi) is 7.69. The molecule has 0 saturated carbocycles. The minimum atomic E-state index is -4.20. The molecule has 0 aromatic heterocycles. The summed E-state index contributed by atoms with van der Waals surface area (Å²) in [7, 11) is 1.38. The lowest BCUT2D eigenvalue weighted by molar-refractivity contribution is -0.143. The molecule has 0 aliphatic rings. The molecule has 0 aromatic rings. The monoisotopic (exact) mass is 271 g/mol. The molecule has 0 aliphatic heterocycles. The summed E-state index contributed by atoms with van der Waals surface area (Å²) < 4.78 is 35.9. The predicted octanol–water partition coefficient (Wildman–Crippen LogP) is 0.551. The first-order chi connectivity index (χ1) is 8.24. The second-order valence-corrected chi connectivity index (χ2v) is 4.19. The number of amides is 2. The number of halogens is 3. The van der Waals surface area contributed by atoms with Crippen molar-refractivity contribution in [3.63, 3.8) is 0 Å². The van der Waals surface area contributed by atoms with Gasteiger partial charge in [-0.25, -0.2) is 4.79 Å². The van der Waals surface area contributed by atoms with Crippen molar-refractivity contribution in [2.75, 3.05) is 33.3 Å². The Balaban J connectivity index is 3.58. The van der Waals surface area contributed by atoms with Gasteiger partial charge in [-0.1, -0.05) is 0 Å². The standard InChI is InChI=1S/C10H20F3N3O2/c1-8(6-17)15-9(18)14-4-3-5-16(2)7-10(11,12)13/h8,17H,3-7H2,1-2H3,(H2,14,15,18). The Morgan fingerprint density at radius 1 is 1.44 bits per heavy atom. The second kappa shape index (κ2) is 8.15. The number of nitrogens with zero attached hydrogens (tertiary/aromatic N) is 1. The zero-order valence-corrected chi connectivity index (χ0v) is 10.5. The molecule has 8 heteroatoms. The van der Waals surface area contributed by atoms with Crippen molar-refractivity contribution in [3.05, 3.63) is 0 Å². The van der Waals surface area contributed by atoms with E-state index < -0.39 is 18.8 Å². The van der Waals surface area contributed by atoms with E-state index in [-0.39, 0.29) is 25.7 Å². The van der Waals surface area contributed by atoms with Crippen LogP contribution in [0.25, 0.3) is 0 Å². The predicted molar refractivity (Wildman–Crippen MR) is 61.3 cm³/mol. The maximum Gasteiger partial charge on any atom is 0.401 e. The van der Waals surface area contributed by atoms with Crippen LogP contribution in [0.2, 0.25) is 0 Å². The third-order valence-corrected chi connectivity index (χ3v) is 2.10. The number of carbonyl (C=O) groups excluding carboxylic acids is 1. The Hall–Kier alpha value is -1.02. The van der Waals surface area contributed by atoms with Crippen LogP contribution < -0.4 is 10.6 Å². The molecule has 5 nitrogen and oxygen atoms in total. The Bertz CT molecular complexity index is 249. The fourth-order valence-electron chi connectivity index (χ4n) is 1.26. The first kappa shape index (κ1) is 17.0. The lowest BCUT2D eigenvalue weighted by Crippen LogP contribution is -2.43. The van der Waals surface area contributed by atoms with E-state index in [4.69, 9.17) is 5.11 Å². The Morgan fingerprint density at radius 2 is 2.06 bits per heavy atom. The van der Waals surface area contributed by atoms with Crippen molar-refractivity contribution in [1.82, 2.24) is 15.5 Å². The molecule has 0 saturated heterocycles. The SMILES string of the molecule is CC(CO)NC(=O)NCCCN(C)CC(F)(F)F. The number of nitrogens with one attached hydrogen (secondary N) is 2. The van der Waals surface area contributed by atoms with E-state index in [1.807, 2.05) is 0 Å². The van der Waals surface area contributed by atoms with Gasteiger partial charge in [-0.05, 0) is 26.9 Å². The maximum absolute atomic E-state index is 12.0. The highest BCUT2D eigenvalue weighted by molar-refractivity contribution is 5.74. The molecular weight excluding hydrogens is 251 g/mol. The number of urea groups is 1. The van der Waals surface area contributed by atoms with Gasteiger partial charge in [0, 0.05) is 6.54 Å². The van der Waals surface area contributed by atoms with Gasteiger partial charge in [0.05, 0.1) is 19.2 Å². The number of hydrogen-bond acceptors (Lipinski definition) is 3. The molecule has 0 radical (unpaired) electrons. The Labute approximate surface area is 104 Å². The quantitative estimate of drug-likeness (QED) is 0.593. The van der Waals surface area contributed by atoms with E-state index in [2.05, 4.69) is 10.6 Å². The summed E-state index contributed by atoms with van der Waals surface area (Å²) in [6, 6.07) is -0.784. The van der Waals surface area contributed by atoms with Crippen molar-refractivity contribution in [1.29, 1.82) is 0 Å². The lowest BCUT2D eigenvalue weighted by atomic mass is 10.3. The van der Waals surface area contributed by atoms with E-state index in [0.29, 0.717) is 6.42 Å². The first-order valence-electron chi connectivity index (χ1n) is 5.65. The minimum absolute atomic E-state index is 0.165. The molecule has 0 spiro atoms. The van der Waals surface area contributed by atoms with Crippen molar-refractivity contribution in [3.8, 4) is 0 Å². The van der Waals surface area contributed by atoms with E-state index in [1.165, 1.54) is 7.05 Å². The molecule has 108 valence electrons. The molecule has 0 aromatic carbocycles. The largest absolute Gasteiger partial charge is 0.401 e. The molecule has 0 fully saturated rings. The fourth-order valence-corrected chi connectivity index (χ4v) is 1.26. The molecular formula is C10H20F3N3O2. The van der Waals surface area contributed by atoms with Crippen LogP contribution >= 0.6 is 0 Å². The highest BCUT2D eigenvalue weighted by atomic mass is 19.4. The van der Waals surface area contributed by atoms with Gasteiger partial charge in [0.25, 0.3) is 0 Å². The third-order valence-electron chi connectivity index (χ3n) is 2.10. The Morgan fingerprint density at radius 3 is 2.56 bits per heavy atom. The van der Waals surface area contributed by atoms with Gasteiger partial charge in [-0.15, -0.1) is 0 Å². The van der Waals surface area contributed by atoms with Crippen LogP contribution in [0.4, 0.5) is 18.0 Å². The smallest absolute Gasteiger partial charge is 0.394 e. The summed E-state index contributed by atoms with van der Waals surface area (Å²) in [6.07, 6.45) is -3.77. The highest BCUT2D eigenvalue weighted by Crippen LogP contribution is 2.15. The van der Waals surface area contributed by atoms with Crippen molar-refractivity contribution in [2.45, 2.75) is 25.6 Å². The van der Waals surface area contributed by atoms with Gasteiger partial charge in [0.1, 0.15) is 0 Å². The highest BCUT2D eigenvalue weighted by Gasteiger charge is 2.28. The molecule has 0 rings (SSSR count). The van der Waals surface area contributed by atoms with Crippen molar-refractivity contribution >= 4 is 6.03 Å². The minimum Gasteiger partial charge on any atom is -0.394 e. The van der Waals surface area contributed by atoms with Gasteiger partial charge < -0.3 is 15.7 Å². The molecule has 1 atom stereocenters. The summed E-state index contributed by atoms with van der Waals surface area (Å²) in [4.78, 5) is 12.3. The van der Waals surface area contributed by atoms with Crippen molar-refractivity contribution in [2.24, 2.45) is 0 Å². The van der Waals surface area contributed by atoms with Crippen LogP contribution in [-0.2, 0) is 0 Å². The number of aliphatic hydroxyl groups is 1. The van der Waals surface area contributed by atoms with Gasteiger partial charge >= 0.3 is 12.2 Å². The molecule has 0 heterocycles. The van der Waals surface area contributed by atoms with E-state index in [0.717, 1.165) is 4.90 Å². The van der Waals surface area contributed by atoms with Gasteiger partial charge in [-0.3, -0.25) is 4.90 Å². The molecule has 2 amide bonds. The lowest BCUT2D eigenvalue weighted by Gasteiger charge is -2.18. The normalized spacial score (nSPS) is 13.5. The summed E-state index contributed by atoms with van der Waals surface area (Å²) in [5, 5.41) is 13.6. The average Bonchev–Trinajstić information content (AvgIpc) is 2.21. The summed E-state index contributed by atoms with van der Waals surface area (Å²) in [6.45, 7) is 1.04. The van der Waals surface area contributed by atoms with Gasteiger partial charge in [0.2, 0.25) is 0 Å². The third kappa shape index (κ3) is 10.2. The van der Waals surface area contributed by atoms with E-state index >= 15 is 0 Å². The fraction of sp³-hybridized carbons (Fsp3) is 0.900. The summed E-state index contributed by atoms with van der Waals surface area (Å²) in [5.41, 5.74) is 0. The number of aliphatic hydroxyl groups excluding tert-OH is 1. The van der Waals surface area contributed by atoms with E-state index in [1.54, 1.807) is 6.92 Å². The first-order valence-corrected chi connectivity index (χ1v) is 5.65. The van der Waals surface area contributed by atoms with E-state index in [9.17, 15) is 18.0 Å². The van der Waals surface area contributed by atoms with Crippen LogP contribution in [-0.4, -0.2) is 61.5 Å². The molecule has 3 N–H and O–H groups in total. The molecule has 18 heavy (non-hydrogen) atoms. The average molecular weight is 271 g/mol. The number of rotatable bonds is 7. The van der Waals surface area contributed by atoms with Crippen LogP contribution in [0.1, 0.15) is 13.3 Å². The van der Waals surface area contributed by atoms with Gasteiger partial charge in [-0.2, -0.15) is 13.2 Å². The van der Waals surface area contributed by atoms with Crippen LogP contribution in [0, 0.1) is 0 Å². The topological polar surface area (TPSA) is 64.6 Å². The second-order valence-electron chi connectivity index (χ2n) is 4.19. The summed E-state index contributed by atoms with van der Waals surface area (Å²) >= 11 is 0. The number of alkyl halides is 3. The van der Waals surface area contributed by atoms with Crippen LogP contribution in [0.5, 0.6) is 0 Å². The molecule has 0 aliphatic carbocycles. The zero-order chi connectivity index (χ0) is 14.2. The van der Waals surface area contributed by atoms with Crippen molar-refractivity contribution < 1.29 is 23.1 Å². The van der Waals surface area contributed by atoms with Gasteiger partial charge in [0.15, 0.2) is 0 Å². The summed E-state index contributed by atoms with van der Waals surface area (Å²) in [5.74, 6) is 0. The maximum atomic E-state index is 12.0. The van der Waals surface area contributed by atoms with Crippen LogP contribution in [0.3, 0.4) is 0 Å². The number of carbonyl (C=O) groups is 1. The molecule has 1 unspecified atom stereocenters. The van der Waals surface area contributed by atoms with Crippen LogP contribution in [0.15, 0.2) is 0 Å². The zero-order valence-electron chi connectivity index (χ0n) is 10.5. The molecule has 0 bridgehead atoms.